The summed E-state index contributed by atoms with van der Waals surface area (Å²) in [5.74, 6) is 4.40. The molecule has 0 aliphatic heterocycles. The first-order chi connectivity index (χ1) is 25.6. The van der Waals surface area contributed by atoms with Gasteiger partial charge in [-0.2, -0.15) is 0 Å². The quantitative estimate of drug-likeness (QED) is 0.0331. The fourth-order valence-corrected chi connectivity index (χ4v) is 20.5. The van der Waals surface area contributed by atoms with Gasteiger partial charge in [0, 0.05) is 129 Å². The van der Waals surface area contributed by atoms with Gasteiger partial charge in [-0.3, -0.25) is 0 Å². The lowest BCUT2D eigenvalue weighted by molar-refractivity contribution is 0.0704. The minimum Gasteiger partial charge on any atom is -0.377 e. The predicted octanol–water partition coefficient (Wildman–Crippen LogP) is 9.58. The van der Waals surface area contributed by atoms with Crippen molar-refractivity contribution in [3.63, 3.8) is 0 Å². The second-order valence-electron chi connectivity index (χ2n) is 11.0. The zero-order valence-electron chi connectivity index (χ0n) is 35.1. The Bertz CT molecular complexity index is 678. The van der Waals surface area contributed by atoms with Crippen molar-refractivity contribution in [2.75, 3.05) is 105 Å². The van der Waals surface area contributed by atoms with Crippen molar-refractivity contribution in [3.8, 4) is 0 Å². The Balaban J connectivity index is 0. The van der Waals surface area contributed by atoms with Gasteiger partial charge in [0.1, 0.15) is 0 Å². The second kappa shape index (κ2) is 38.3. The largest absolute Gasteiger partial charge is 0.500 e. The molecular weight excluding hydrogens is 849 g/mol. The highest BCUT2D eigenvalue weighted by molar-refractivity contribution is 9.09. The molecule has 21 heteroatoms. The highest BCUT2D eigenvalue weighted by Gasteiger charge is 2.41. The molecule has 0 rings (SSSR count). The summed E-state index contributed by atoms with van der Waals surface area (Å²) >= 11 is 0. The molecule has 0 aromatic carbocycles. The molecule has 0 bridgehead atoms. The minimum atomic E-state index is -2.49. The van der Waals surface area contributed by atoms with Gasteiger partial charge < -0.3 is 53.1 Å². The molecule has 0 spiro atoms. The summed E-state index contributed by atoms with van der Waals surface area (Å²) in [6.07, 6.45) is 6.51. The van der Waals surface area contributed by atoms with Crippen LogP contribution in [0.15, 0.2) is 0 Å². The van der Waals surface area contributed by atoms with E-state index in [0.29, 0.717) is 39.6 Å². The molecule has 0 N–H and O–H groups in total. The maximum Gasteiger partial charge on any atom is 0.500 e. The van der Waals surface area contributed by atoms with Crippen molar-refractivity contribution in [1.82, 2.24) is 0 Å². The fourth-order valence-electron chi connectivity index (χ4n) is 5.03. The molecule has 0 aliphatic rings. The lowest BCUT2D eigenvalue weighted by Gasteiger charge is -2.28. The first kappa shape index (κ1) is 57.2. The number of rotatable bonds is 39. The summed E-state index contributed by atoms with van der Waals surface area (Å²) in [5.41, 5.74) is 0. The Morgan fingerprint density at radius 2 is 0.547 bits per heavy atom. The van der Waals surface area contributed by atoms with E-state index in [2.05, 4.69) is 0 Å². The maximum absolute atomic E-state index is 5.90. The standard InChI is InChI=1S/C18H42O6S2Si2.C14H34O6S3Si2/c1-7-19-27(20-8-2,21-9-3)17-13-15-25-26-16-14-18-28(22-10-4,23-11-5)24-12-6;1-15-24(16-2,17-3)13-9-7-11-21-23-22-12-8-10-14-25(18-4,19-5)20-6/h7-18H2,1-6H3;7-14H2,1-6H3. The SMILES string of the molecule is CCO[Si](CCCSSCCC[Si](OCC)(OCC)OCC)(OCC)OCC.CO[Si](CCCCSSSCCCC[Si](OC)(OC)OC)(OC)OC. The Morgan fingerprint density at radius 3 is 0.792 bits per heavy atom. The van der Waals surface area contributed by atoms with E-state index >= 15 is 0 Å². The molecule has 0 aromatic rings. The summed E-state index contributed by atoms with van der Waals surface area (Å²) in [6.45, 7) is 15.8. The van der Waals surface area contributed by atoms with E-state index in [0.717, 1.165) is 85.7 Å². The van der Waals surface area contributed by atoms with Crippen LogP contribution in [0.4, 0.5) is 0 Å². The normalized spacial score (nSPS) is 12.7. The molecule has 0 saturated carbocycles. The van der Waals surface area contributed by atoms with Crippen LogP contribution >= 0.6 is 53.0 Å². The van der Waals surface area contributed by atoms with Crippen molar-refractivity contribution >= 4 is 88.2 Å². The van der Waals surface area contributed by atoms with Gasteiger partial charge in [-0.05, 0) is 89.9 Å². The van der Waals surface area contributed by atoms with Crippen LogP contribution in [-0.4, -0.2) is 141 Å². The van der Waals surface area contributed by atoms with Crippen LogP contribution in [0.5, 0.6) is 0 Å². The molecular formula is C32H76O12S5Si4. The average molecular weight is 926 g/mol. The molecule has 322 valence electrons. The molecule has 0 saturated heterocycles. The molecule has 0 atom stereocenters. The topological polar surface area (TPSA) is 111 Å². The van der Waals surface area contributed by atoms with Gasteiger partial charge in [0.05, 0.1) is 0 Å². The molecule has 0 fully saturated rings. The van der Waals surface area contributed by atoms with Crippen molar-refractivity contribution in [1.29, 1.82) is 0 Å². The summed E-state index contributed by atoms with van der Waals surface area (Å²) in [4.78, 5) is 0. The second-order valence-corrected chi connectivity index (χ2v) is 29.9. The van der Waals surface area contributed by atoms with Crippen LogP contribution in [-0.2, 0) is 53.1 Å². The minimum absolute atomic E-state index is 0.638. The Labute approximate surface area is 348 Å². The van der Waals surface area contributed by atoms with E-state index in [1.165, 1.54) is 0 Å². The highest BCUT2D eigenvalue weighted by Crippen LogP contribution is 2.36. The third-order valence-corrected chi connectivity index (χ3v) is 26.5. The molecule has 0 radical (unpaired) electrons. The zero-order valence-corrected chi connectivity index (χ0v) is 43.2. The number of hydrogen-bond acceptors (Lipinski definition) is 17. The van der Waals surface area contributed by atoms with Gasteiger partial charge in [-0.1, -0.05) is 43.2 Å². The van der Waals surface area contributed by atoms with Crippen molar-refractivity contribution < 1.29 is 53.1 Å². The molecule has 0 amide bonds. The van der Waals surface area contributed by atoms with Gasteiger partial charge in [-0.15, -0.1) is 0 Å². The smallest absolute Gasteiger partial charge is 0.377 e. The Hall–Kier alpha value is 2.14. The third kappa shape index (κ3) is 27.5. The van der Waals surface area contributed by atoms with E-state index in [-0.39, 0.29) is 0 Å². The van der Waals surface area contributed by atoms with Gasteiger partial charge in [0.2, 0.25) is 0 Å². The van der Waals surface area contributed by atoms with E-state index in [1.54, 1.807) is 42.7 Å². The van der Waals surface area contributed by atoms with Crippen LogP contribution in [0.25, 0.3) is 0 Å². The molecule has 0 aliphatic carbocycles. The predicted molar refractivity (Wildman–Crippen MR) is 239 cm³/mol. The van der Waals surface area contributed by atoms with Gasteiger partial charge in [0.25, 0.3) is 0 Å². The van der Waals surface area contributed by atoms with Crippen LogP contribution in [0.3, 0.4) is 0 Å². The highest BCUT2D eigenvalue weighted by atomic mass is 33.5. The summed E-state index contributed by atoms with van der Waals surface area (Å²) < 4.78 is 67.9. The molecule has 0 unspecified atom stereocenters. The summed E-state index contributed by atoms with van der Waals surface area (Å²) in [6, 6.07) is 3.51. The fraction of sp³-hybridized carbons (Fsp3) is 1.00. The summed E-state index contributed by atoms with van der Waals surface area (Å²) in [7, 11) is 9.75. The van der Waals surface area contributed by atoms with E-state index in [1.807, 2.05) is 94.5 Å². The van der Waals surface area contributed by atoms with Crippen LogP contribution in [0, 0.1) is 0 Å². The van der Waals surface area contributed by atoms with Crippen molar-refractivity contribution in [2.45, 2.75) is 104 Å². The van der Waals surface area contributed by atoms with Crippen LogP contribution < -0.4 is 0 Å². The van der Waals surface area contributed by atoms with Crippen molar-refractivity contribution in [3.05, 3.63) is 0 Å². The van der Waals surface area contributed by atoms with Crippen LogP contribution in [0.2, 0.25) is 24.2 Å². The van der Waals surface area contributed by atoms with E-state index in [9.17, 15) is 0 Å². The molecule has 12 nitrogen and oxygen atoms in total. The zero-order chi connectivity index (χ0) is 40.2. The molecule has 53 heavy (non-hydrogen) atoms. The monoisotopic (exact) mass is 924 g/mol. The first-order valence-electron chi connectivity index (χ1n) is 18.9. The average Bonchev–Trinajstić information content (AvgIpc) is 3.16. The van der Waals surface area contributed by atoms with E-state index in [4.69, 9.17) is 53.1 Å². The number of unbranched alkanes of at least 4 members (excludes halogenated alkanes) is 2. The van der Waals surface area contributed by atoms with E-state index < -0.39 is 35.2 Å². The van der Waals surface area contributed by atoms with Gasteiger partial charge >= 0.3 is 35.2 Å². The van der Waals surface area contributed by atoms with Gasteiger partial charge in [0.15, 0.2) is 0 Å². The first-order valence-corrected chi connectivity index (χ1v) is 33.0. The van der Waals surface area contributed by atoms with Gasteiger partial charge in [-0.25, -0.2) is 0 Å². The van der Waals surface area contributed by atoms with Crippen molar-refractivity contribution in [2.24, 2.45) is 0 Å². The maximum atomic E-state index is 5.90. The number of hydrogen-bond donors (Lipinski definition) is 0. The summed E-state index contributed by atoms with van der Waals surface area (Å²) in [5, 5.41) is 0. The molecule has 0 heterocycles. The Morgan fingerprint density at radius 1 is 0.302 bits per heavy atom. The van der Waals surface area contributed by atoms with Crippen LogP contribution in [0.1, 0.15) is 80.1 Å². The lowest BCUT2D eigenvalue weighted by Crippen LogP contribution is -2.46. The Kier molecular flexibility index (Phi) is 41.4. The lowest BCUT2D eigenvalue weighted by atomic mass is 10.4. The molecule has 0 aromatic heterocycles. The third-order valence-electron chi connectivity index (χ3n) is 7.57.